The maximum absolute atomic E-state index is 13.0. The van der Waals surface area contributed by atoms with Crippen molar-refractivity contribution in [1.29, 1.82) is 0 Å². The average molecular weight is 356 g/mol. The van der Waals surface area contributed by atoms with Crippen LogP contribution in [0.3, 0.4) is 0 Å². The monoisotopic (exact) mass is 356 g/mol. The molecule has 0 bridgehead atoms. The summed E-state index contributed by atoms with van der Waals surface area (Å²) in [6, 6.07) is 14.3. The second-order valence-electron chi connectivity index (χ2n) is 6.67. The van der Waals surface area contributed by atoms with Gasteiger partial charge in [-0.3, -0.25) is 9.69 Å². The lowest BCUT2D eigenvalue weighted by atomic mass is 10.1. The molecule has 1 saturated heterocycles. The number of benzene rings is 2. The number of carbonyl (C=O) groups is 1. The number of hydrogen-bond acceptors (Lipinski definition) is 3. The molecular formula is C21H25FN2O2. The highest BCUT2D eigenvalue weighted by molar-refractivity contribution is 5.79. The molecule has 0 unspecified atom stereocenters. The SMILES string of the molecule is COc1cccc(CC(=O)N2CCCN(Cc3ccc(F)cc3)CC2)c1. The van der Waals surface area contributed by atoms with Crippen LogP contribution in [0.5, 0.6) is 5.75 Å². The van der Waals surface area contributed by atoms with Crippen molar-refractivity contribution >= 4 is 5.91 Å². The average Bonchev–Trinajstić information content (AvgIpc) is 2.89. The summed E-state index contributed by atoms with van der Waals surface area (Å²) in [5.74, 6) is 0.720. The summed E-state index contributed by atoms with van der Waals surface area (Å²) in [6.45, 7) is 4.08. The van der Waals surface area contributed by atoms with Crippen LogP contribution in [0.2, 0.25) is 0 Å². The molecule has 0 atom stereocenters. The Bertz CT molecular complexity index is 733. The number of rotatable bonds is 5. The van der Waals surface area contributed by atoms with E-state index in [4.69, 9.17) is 4.74 Å². The Morgan fingerprint density at radius 3 is 2.62 bits per heavy atom. The Labute approximate surface area is 154 Å². The highest BCUT2D eigenvalue weighted by atomic mass is 19.1. The number of halogens is 1. The minimum absolute atomic E-state index is 0.155. The summed E-state index contributed by atoms with van der Waals surface area (Å²) in [7, 11) is 1.63. The van der Waals surface area contributed by atoms with E-state index in [1.165, 1.54) is 12.1 Å². The van der Waals surface area contributed by atoms with Crippen molar-refractivity contribution < 1.29 is 13.9 Å². The molecule has 1 fully saturated rings. The van der Waals surface area contributed by atoms with Crippen LogP contribution in [0.4, 0.5) is 4.39 Å². The molecule has 5 heteroatoms. The number of hydrogen-bond donors (Lipinski definition) is 0. The second kappa shape index (κ2) is 8.81. The lowest BCUT2D eigenvalue weighted by Crippen LogP contribution is -2.36. The van der Waals surface area contributed by atoms with E-state index in [9.17, 15) is 9.18 Å². The van der Waals surface area contributed by atoms with Gasteiger partial charge in [-0.1, -0.05) is 24.3 Å². The first-order valence-electron chi connectivity index (χ1n) is 9.01. The van der Waals surface area contributed by atoms with Crippen LogP contribution >= 0.6 is 0 Å². The van der Waals surface area contributed by atoms with Crippen molar-refractivity contribution in [2.75, 3.05) is 33.3 Å². The van der Waals surface area contributed by atoms with Gasteiger partial charge in [0.15, 0.2) is 0 Å². The molecule has 0 N–H and O–H groups in total. The maximum Gasteiger partial charge on any atom is 0.227 e. The van der Waals surface area contributed by atoms with Gasteiger partial charge in [0.1, 0.15) is 11.6 Å². The third-order valence-corrected chi connectivity index (χ3v) is 4.75. The van der Waals surface area contributed by atoms with Crippen molar-refractivity contribution in [3.05, 3.63) is 65.5 Å². The van der Waals surface area contributed by atoms with Crippen LogP contribution in [0.25, 0.3) is 0 Å². The molecule has 2 aromatic rings. The summed E-state index contributed by atoms with van der Waals surface area (Å²) in [5.41, 5.74) is 2.07. The predicted molar refractivity (Wildman–Crippen MR) is 99.6 cm³/mol. The van der Waals surface area contributed by atoms with E-state index in [-0.39, 0.29) is 11.7 Å². The second-order valence-corrected chi connectivity index (χ2v) is 6.67. The molecule has 3 rings (SSSR count). The molecular weight excluding hydrogens is 331 g/mol. The quantitative estimate of drug-likeness (QED) is 0.825. The number of carbonyl (C=O) groups excluding carboxylic acids is 1. The molecule has 0 radical (unpaired) electrons. The number of ether oxygens (including phenoxy) is 1. The van der Waals surface area contributed by atoms with Crippen LogP contribution < -0.4 is 4.74 Å². The topological polar surface area (TPSA) is 32.8 Å². The normalized spacial score (nSPS) is 15.5. The highest BCUT2D eigenvalue weighted by Gasteiger charge is 2.19. The van der Waals surface area contributed by atoms with Crippen LogP contribution in [-0.4, -0.2) is 49.0 Å². The Morgan fingerprint density at radius 1 is 1.04 bits per heavy atom. The van der Waals surface area contributed by atoms with Gasteiger partial charge in [-0.25, -0.2) is 4.39 Å². The first-order chi connectivity index (χ1) is 12.6. The fourth-order valence-electron chi connectivity index (χ4n) is 3.30. The minimum Gasteiger partial charge on any atom is -0.497 e. The zero-order valence-electron chi connectivity index (χ0n) is 15.2. The molecule has 1 amide bonds. The zero-order chi connectivity index (χ0) is 18.4. The Morgan fingerprint density at radius 2 is 1.85 bits per heavy atom. The zero-order valence-corrected chi connectivity index (χ0v) is 15.2. The largest absolute Gasteiger partial charge is 0.497 e. The first-order valence-corrected chi connectivity index (χ1v) is 9.01. The lowest BCUT2D eigenvalue weighted by Gasteiger charge is -2.22. The fraction of sp³-hybridized carbons (Fsp3) is 0.381. The highest BCUT2D eigenvalue weighted by Crippen LogP contribution is 2.15. The van der Waals surface area contributed by atoms with Gasteiger partial charge in [-0.2, -0.15) is 0 Å². The van der Waals surface area contributed by atoms with Crippen molar-refractivity contribution in [3.63, 3.8) is 0 Å². The van der Waals surface area contributed by atoms with E-state index < -0.39 is 0 Å². The smallest absolute Gasteiger partial charge is 0.227 e. The van der Waals surface area contributed by atoms with Gasteiger partial charge in [0.2, 0.25) is 5.91 Å². The van der Waals surface area contributed by atoms with Gasteiger partial charge in [-0.05, 0) is 41.8 Å². The van der Waals surface area contributed by atoms with Crippen LogP contribution in [-0.2, 0) is 17.8 Å². The predicted octanol–water partition coefficient (Wildman–Crippen LogP) is 3.11. The standard InChI is InChI=1S/C21H25FN2O2/c1-26-20-5-2-4-18(14-20)15-21(25)24-11-3-10-23(12-13-24)16-17-6-8-19(22)9-7-17/h2,4-9,14H,3,10-13,15-16H2,1H3. The Kier molecular flexibility index (Phi) is 6.23. The lowest BCUT2D eigenvalue weighted by molar-refractivity contribution is -0.130. The Hall–Kier alpha value is -2.40. The van der Waals surface area contributed by atoms with Gasteiger partial charge >= 0.3 is 0 Å². The number of nitrogens with zero attached hydrogens (tertiary/aromatic N) is 2. The van der Waals surface area contributed by atoms with Gasteiger partial charge in [0.05, 0.1) is 13.5 Å². The molecule has 1 aliphatic rings. The first kappa shape index (κ1) is 18.4. The van der Waals surface area contributed by atoms with E-state index in [1.807, 2.05) is 41.3 Å². The van der Waals surface area contributed by atoms with E-state index in [2.05, 4.69) is 4.90 Å². The molecule has 0 saturated carbocycles. The molecule has 1 heterocycles. The molecule has 0 spiro atoms. The van der Waals surface area contributed by atoms with Crippen molar-refractivity contribution in [2.24, 2.45) is 0 Å². The van der Waals surface area contributed by atoms with E-state index in [0.717, 1.165) is 56.0 Å². The van der Waals surface area contributed by atoms with E-state index in [0.29, 0.717) is 6.42 Å². The van der Waals surface area contributed by atoms with E-state index in [1.54, 1.807) is 7.11 Å². The molecule has 4 nitrogen and oxygen atoms in total. The summed E-state index contributed by atoms with van der Waals surface area (Å²) in [4.78, 5) is 16.9. The minimum atomic E-state index is -0.209. The van der Waals surface area contributed by atoms with Gasteiger partial charge in [-0.15, -0.1) is 0 Å². The summed E-state index contributed by atoms with van der Waals surface area (Å²) in [6.07, 6.45) is 1.35. The van der Waals surface area contributed by atoms with Crippen LogP contribution in [0, 0.1) is 5.82 Å². The molecule has 26 heavy (non-hydrogen) atoms. The Balaban J connectivity index is 1.54. The summed E-state index contributed by atoms with van der Waals surface area (Å²) in [5, 5.41) is 0. The molecule has 138 valence electrons. The van der Waals surface area contributed by atoms with Crippen molar-refractivity contribution in [2.45, 2.75) is 19.4 Å². The van der Waals surface area contributed by atoms with Crippen LogP contribution in [0.15, 0.2) is 48.5 Å². The van der Waals surface area contributed by atoms with Gasteiger partial charge in [0, 0.05) is 32.7 Å². The molecule has 2 aromatic carbocycles. The number of methoxy groups -OCH3 is 1. The van der Waals surface area contributed by atoms with Gasteiger partial charge in [0.25, 0.3) is 0 Å². The summed E-state index contributed by atoms with van der Waals surface area (Å²) < 4.78 is 18.3. The third kappa shape index (κ3) is 5.05. The van der Waals surface area contributed by atoms with Gasteiger partial charge < -0.3 is 9.64 Å². The third-order valence-electron chi connectivity index (χ3n) is 4.75. The van der Waals surface area contributed by atoms with Crippen molar-refractivity contribution in [1.82, 2.24) is 9.80 Å². The van der Waals surface area contributed by atoms with Crippen LogP contribution in [0.1, 0.15) is 17.5 Å². The molecule has 1 aliphatic heterocycles. The molecule has 0 aromatic heterocycles. The molecule has 0 aliphatic carbocycles. The van der Waals surface area contributed by atoms with E-state index >= 15 is 0 Å². The van der Waals surface area contributed by atoms with Crippen molar-refractivity contribution in [3.8, 4) is 5.75 Å². The summed E-state index contributed by atoms with van der Waals surface area (Å²) >= 11 is 0. The maximum atomic E-state index is 13.0. The fourth-order valence-corrected chi connectivity index (χ4v) is 3.30. The number of amides is 1.